The van der Waals surface area contributed by atoms with E-state index in [1.54, 1.807) is 0 Å². The van der Waals surface area contributed by atoms with Gasteiger partial charge in [-0.1, -0.05) is 53.2 Å². The minimum absolute atomic E-state index is 0.184. The zero-order valence-corrected chi connectivity index (χ0v) is 17.3. The summed E-state index contributed by atoms with van der Waals surface area (Å²) in [7, 11) is 0. The van der Waals surface area contributed by atoms with Gasteiger partial charge in [-0.25, -0.2) is 0 Å². The first kappa shape index (κ1) is 19.2. The molecule has 1 aliphatic heterocycles. The van der Waals surface area contributed by atoms with Crippen molar-refractivity contribution in [1.82, 2.24) is 4.98 Å². The number of aromatic amines is 1. The van der Waals surface area contributed by atoms with Crippen LogP contribution in [0, 0.1) is 18.3 Å². The largest absolute Gasteiger partial charge is 0.367 e. The van der Waals surface area contributed by atoms with Gasteiger partial charge in [-0.05, 0) is 41.9 Å². The molecule has 0 spiro atoms. The second-order valence-corrected chi connectivity index (χ2v) is 9.52. The van der Waals surface area contributed by atoms with E-state index in [0.29, 0.717) is 24.9 Å². The topological polar surface area (TPSA) is 42.1 Å². The highest BCUT2D eigenvalue weighted by atomic mass is 16.5. The third-order valence-electron chi connectivity index (χ3n) is 5.86. The maximum atomic E-state index is 11.6. The van der Waals surface area contributed by atoms with Crippen molar-refractivity contribution in [2.24, 2.45) is 11.3 Å². The monoisotopic (exact) mass is 355 g/mol. The van der Waals surface area contributed by atoms with Crippen molar-refractivity contribution in [2.45, 2.75) is 72.8 Å². The van der Waals surface area contributed by atoms with Gasteiger partial charge in [0, 0.05) is 23.2 Å². The number of aryl methyl sites for hydroxylation is 1. The third kappa shape index (κ3) is 2.90. The molecule has 2 heterocycles. The Balaban J connectivity index is 2.35. The van der Waals surface area contributed by atoms with Crippen molar-refractivity contribution in [3.05, 3.63) is 34.5 Å². The first-order valence-electron chi connectivity index (χ1n) is 9.84. The minimum Gasteiger partial charge on any atom is -0.367 e. The van der Waals surface area contributed by atoms with E-state index in [-0.39, 0.29) is 5.41 Å². The summed E-state index contributed by atoms with van der Waals surface area (Å²) in [6.45, 7) is 16.1. The SMILES string of the molecule is Cc1cc(CC(C)C)c2[nH]c3c(c2c1)C(C)CO[C@@]3(CC=O)C(C)(C)C. The van der Waals surface area contributed by atoms with Crippen LogP contribution in [0.1, 0.15) is 76.3 Å². The fraction of sp³-hybridized carbons (Fsp3) is 0.609. The van der Waals surface area contributed by atoms with Crippen LogP contribution in [0.15, 0.2) is 12.1 Å². The van der Waals surface area contributed by atoms with Gasteiger partial charge in [0.15, 0.2) is 0 Å². The molecule has 1 N–H and O–H groups in total. The van der Waals surface area contributed by atoms with E-state index in [1.807, 2.05) is 0 Å². The van der Waals surface area contributed by atoms with Crippen molar-refractivity contribution in [3.63, 3.8) is 0 Å². The molecule has 3 rings (SSSR count). The Hall–Kier alpha value is -1.61. The Kier molecular flexibility index (Phi) is 4.81. The minimum atomic E-state index is -0.599. The van der Waals surface area contributed by atoms with Gasteiger partial charge < -0.3 is 14.5 Å². The van der Waals surface area contributed by atoms with Crippen LogP contribution in [-0.4, -0.2) is 17.9 Å². The lowest BCUT2D eigenvalue weighted by Gasteiger charge is -2.47. The smallest absolute Gasteiger partial charge is 0.123 e. The number of rotatable bonds is 4. The number of hydrogen-bond donors (Lipinski definition) is 1. The Morgan fingerprint density at radius 1 is 1.35 bits per heavy atom. The summed E-state index contributed by atoms with van der Waals surface area (Å²) in [5, 5.41) is 1.31. The van der Waals surface area contributed by atoms with Crippen LogP contribution in [0.2, 0.25) is 0 Å². The third-order valence-corrected chi connectivity index (χ3v) is 5.86. The highest BCUT2D eigenvalue weighted by Gasteiger charge is 2.50. The van der Waals surface area contributed by atoms with Crippen molar-refractivity contribution >= 4 is 17.2 Å². The van der Waals surface area contributed by atoms with Gasteiger partial charge in [0.25, 0.3) is 0 Å². The lowest BCUT2D eigenvalue weighted by atomic mass is 9.69. The summed E-state index contributed by atoms with van der Waals surface area (Å²) in [4.78, 5) is 15.4. The van der Waals surface area contributed by atoms with Gasteiger partial charge in [-0.3, -0.25) is 0 Å². The van der Waals surface area contributed by atoms with Crippen LogP contribution < -0.4 is 0 Å². The first-order valence-corrected chi connectivity index (χ1v) is 9.84. The Labute approximate surface area is 157 Å². The summed E-state index contributed by atoms with van der Waals surface area (Å²) in [5.74, 6) is 0.908. The predicted molar refractivity (Wildman–Crippen MR) is 108 cm³/mol. The van der Waals surface area contributed by atoms with Gasteiger partial charge in [-0.2, -0.15) is 0 Å². The highest BCUT2D eigenvalue weighted by Crippen LogP contribution is 2.52. The van der Waals surface area contributed by atoms with Gasteiger partial charge in [0.05, 0.1) is 12.3 Å². The zero-order chi connectivity index (χ0) is 19.3. The predicted octanol–water partition coefficient (Wildman–Crippen LogP) is 5.64. The molecule has 26 heavy (non-hydrogen) atoms. The molecule has 2 aromatic rings. The number of hydrogen-bond acceptors (Lipinski definition) is 2. The van der Waals surface area contributed by atoms with E-state index in [2.05, 4.69) is 65.6 Å². The zero-order valence-electron chi connectivity index (χ0n) is 17.3. The molecule has 0 aliphatic carbocycles. The van der Waals surface area contributed by atoms with E-state index in [4.69, 9.17) is 4.74 Å². The number of aldehydes is 1. The molecule has 142 valence electrons. The van der Waals surface area contributed by atoms with Crippen molar-refractivity contribution in [3.8, 4) is 0 Å². The van der Waals surface area contributed by atoms with E-state index in [0.717, 1.165) is 18.4 Å². The van der Waals surface area contributed by atoms with Crippen molar-refractivity contribution in [1.29, 1.82) is 0 Å². The molecule has 0 fully saturated rings. The number of benzene rings is 1. The lowest BCUT2D eigenvalue weighted by molar-refractivity contribution is -0.151. The average molecular weight is 356 g/mol. The number of aromatic nitrogens is 1. The van der Waals surface area contributed by atoms with Gasteiger partial charge >= 0.3 is 0 Å². The van der Waals surface area contributed by atoms with Crippen LogP contribution in [0.4, 0.5) is 0 Å². The first-order chi connectivity index (χ1) is 12.1. The maximum absolute atomic E-state index is 11.6. The summed E-state index contributed by atoms with van der Waals surface area (Å²) >= 11 is 0. The number of carbonyl (C=O) groups excluding carboxylic acids is 1. The molecule has 2 atom stereocenters. The molecule has 3 nitrogen and oxygen atoms in total. The quantitative estimate of drug-likeness (QED) is 0.721. The van der Waals surface area contributed by atoms with Crippen LogP contribution in [0.5, 0.6) is 0 Å². The van der Waals surface area contributed by atoms with Crippen LogP contribution in [0.3, 0.4) is 0 Å². The summed E-state index contributed by atoms with van der Waals surface area (Å²) in [6, 6.07) is 4.60. The Morgan fingerprint density at radius 3 is 2.62 bits per heavy atom. The highest BCUT2D eigenvalue weighted by molar-refractivity contribution is 5.89. The number of ether oxygens (including phenoxy) is 1. The molecule has 0 saturated carbocycles. The fourth-order valence-electron chi connectivity index (χ4n) is 4.58. The molecule has 1 unspecified atom stereocenters. The van der Waals surface area contributed by atoms with Crippen LogP contribution in [0.25, 0.3) is 10.9 Å². The number of H-pyrrole nitrogens is 1. The molecule has 1 aromatic heterocycles. The number of carbonyl (C=O) groups is 1. The molecule has 0 saturated heterocycles. The molecular formula is C23H33NO2. The Morgan fingerprint density at radius 2 is 2.04 bits per heavy atom. The van der Waals surface area contributed by atoms with Crippen LogP contribution >= 0.6 is 0 Å². The summed E-state index contributed by atoms with van der Waals surface area (Å²) in [5.41, 5.74) is 5.57. The normalized spacial score (nSPS) is 23.5. The van der Waals surface area contributed by atoms with Crippen molar-refractivity contribution < 1.29 is 9.53 Å². The number of fused-ring (bicyclic) bond motifs is 3. The van der Waals surface area contributed by atoms with Gasteiger partial charge in [-0.15, -0.1) is 0 Å². The van der Waals surface area contributed by atoms with E-state index < -0.39 is 5.60 Å². The molecule has 1 aromatic carbocycles. The maximum Gasteiger partial charge on any atom is 0.123 e. The summed E-state index contributed by atoms with van der Waals surface area (Å²) < 4.78 is 6.43. The van der Waals surface area contributed by atoms with Gasteiger partial charge in [0.1, 0.15) is 11.9 Å². The second kappa shape index (κ2) is 6.53. The molecule has 0 bridgehead atoms. The van der Waals surface area contributed by atoms with Crippen LogP contribution in [-0.2, 0) is 21.6 Å². The van der Waals surface area contributed by atoms with Gasteiger partial charge in [0.2, 0.25) is 0 Å². The van der Waals surface area contributed by atoms with Crippen molar-refractivity contribution in [2.75, 3.05) is 6.61 Å². The van der Waals surface area contributed by atoms with E-state index in [9.17, 15) is 4.79 Å². The van der Waals surface area contributed by atoms with E-state index >= 15 is 0 Å². The number of nitrogens with one attached hydrogen (secondary N) is 1. The molecular weight excluding hydrogens is 322 g/mol. The Bertz CT molecular complexity index is 825. The standard InChI is InChI=1S/C23H33NO2/c1-14(2)10-17-11-15(3)12-18-19-16(4)13-26-23(8-9-25,22(5,6)7)21(19)24-20(17)18/h9,11-12,14,16,24H,8,10,13H2,1-7H3/t16?,23-/m1/s1. The summed E-state index contributed by atoms with van der Waals surface area (Å²) in [6.07, 6.45) is 2.43. The molecule has 0 amide bonds. The molecule has 0 radical (unpaired) electrons. The average Bonchev–Trinajstić information content (AvgIpc) is 2.89. The second-order valence-electron chi connectivity index (χ2n) is 9.52. The van der Waals surface area contributed by atoms with E-state index in [1.165, 1.54) is 27.6 Å². The molecule has 1 aliphatic rings. The fourth-order valence-corrected chi connectivity index (χ4v) is 4.58. The lowest BCUT2D eigenvalue weighted by Crippen LogP contribution is -2.47. The molecule has 3 heteroatoms.